The SMILES string of the molecule is c1ccc(-c2ccc(-c3nc(-c4ccc5ccccc5c4)nc(-c4cc(-c5ccccc5)cc(-c5ccc6sc7ccccc7c6c5)c4-c4ccccc4)n3)cc2)cc1. The van der Waals surface area contributed by atoms with E-state index in [1.54, 1.807) is 0 Å². The molecule has 11 aromatic rings. The van der Waals surface area contributed by atoms with Gasteiger partial charge in [0.25, 0.3) is 0 Å². The summed E-state index contributed by atoms with van der Waals surface area (Å²) < 4.78 is 2.56. The van der Waals surface area contributed by atoms with Gasteiger partial charge in [-0.2, -0.15) is 0 Å². The van der Waals surface area contributed by atoms with Crippen molar-refractivity contribution in [3.63, 3.8) is 0 Å². The Balaban J connectivity index is 1.19. The maximum Gasteiger partial charge on any atom is 0.164 e. The van der Waals surface area contributed by atoms with Crippen molar-refractivity contribution in [1.82, 2.24) is 15.0 Å². The molecule has 0 aliphatic carbocycles. The molecule has 2 aromatic heterocycles. The van der Waals surface area contributed by atoms with Crippen molar-refractivity contribution in [3.05, 3.63) is 212 Å². The zero-order valence-corrected chi connectivity index (χ0v) is 32.8. The molecular weight excluding hydrogens is 735 g/mol. The van der Waals surface area contributed by atoms with E-state index in [1.165, 1.54) is 31.1 Å². The van der Waals surface area contributed by atoms with Crippen LogP contribution in [0.1, 0.15) is 0 Å². The quantitative estimate of drug-likeness (QED) is 0.162. The monoisotopic (exact) mass is 769 g/mol. The second-order valence-corrected chi connectivity index (χ2v) is 15.9. The zero-order chi connectivity index (χ0) is 39.1. The van der Waals surface area contributed by atoms with Crippen LogP contribution in [0.5, 0.6) is 0 Å². The highest BCUT2D eigenvalue weighted by molar-refractivity contribution is 7.25. The van der Waals surface area contributed by atoms with Crippen molar-refractivity contribution in [2.75, 3.05) is 0 Å². The van der Waals surface area contributed by atoms with Gasteiger partial charge < -0.3 is 0 Å². The Hall–Kier alpha value is -7.53. The highest BCUT2D eigenvalue weighted by Crippen LogP contribution is 2.45. The van der Waals surface area contributed by atoms with E-state index in [4.69, 9.17) is 15.0 Å². The minimum Gasteiger partial charge on any atom is -0.208 e. The Labute approximate surface area is 346 Å². The summed E-state index contributed by atoms with van der Waals surface area (Å²) in [6, 6.07) is 75.4. The predicted molar refractivity (Wildman–Crippen MR) is 248 cm³/mol. The number of hydrogen-bond acceptors (Lipinski definition) is 4. The van der Waals surface area contributed by atoms with Crippen LogP contribution in [-0.2, 0) is 0 Å². The number of fused-ring (bicyclic) bond motifs is 4. The number of benzene rings is 9. The van der Waals surface area contributed by atoms with E-state index in [2.05, 4.69) is 206 Å². The summed E-state index contributed by atoms with van der Waals surface area (Å²) in [5.74, 6) is 1.86. The van der Waals surface area contributed by atoms with E-state index in [0.29, 0.717) is 17.5 Å². The van der Waals surface area contributed by atoms with Crippen molar-refractivity contribution >= 4 is 42.3 Å². The molecule has 4 heteroatoms. The maximum absolute atomic E-state index is 5.39. The molecule has 0 aliphatic rings. The van der Waals surface area contributed by atoms with Crippen molar-refractivity contribution in [2.24, 2.45) is 0 Å². The second-order valence-electron chi connectivity index (χ2n) is 14.8. The van der Waals surface area contributed by atoms with Crippen LogP contribution < -0.4 is 0 Å². The molecular formula is C55H35N3S. The molecule has 0 spiro atoms. The third-order valence-corrected chi connectivity index (χ3v) is 12.3. The topological polar surface area (TPSA) is 38.7 Å². The molecule has 3 nitrogen and oxygen atoms in total. The molecule has 11 rings (SSSR count). The summed E-state index contributed by atoms with van der Waals surface area (Å²) in [5.41, 5.74) is 11.7. The Morgan fingerprint density at radius 3 is 1.53 bits per heavy atom. The lowest BCUT2D eigenvalue weighted by Crippen LogP contribution is -2.02. The maximum atomic E-state index is 5.39. The third kappa shape index (κ3) is 6.56. The lowest BCUT2D eigenvalue weighted by atomic mass is 9.86. The van der Waals surface area contributed by atoms with E-state index in [1.807, 2.05) is 17.4 Å². The smallest absolute Gasteiger partial charge is 0.164 e. The van der Waals surface area contributed by atoms with Gasteiger partial charge in [-0.25, -0.2) is 15.0 Å². The zero-order valence-electron chi connectivity index (χ0n) is 32.0. The predicted octanol–water partition coefficient (Wildman–Crippen LogP) is 15.1. The Bertz CT molecular complexity index is 3300. The molecule has 0 amide bonds. The van der Waals surface area contributed by atoms with Crippen LogP contribution in [0.3, 0.4) is 0 Å². The fraction of sp³-hybridized carbons (Fsp3) is 0. The fourth-order valence-corrected chi connectivity index (χ4v) is 9.26. The summed E-state index contributed by atoms with van der Waals surface area (Å²) in [7, 11) is 0. The molecule has 2 heterocycles. The molecule has 0 saturated heterocycles. The summed E-state index contributed by atoms with van der Waals surface area (Å²) in [6.07, 6.45) is 0. The second kappa shape index (κ2) is 14.8. The van der Waals surface area contributed by atoms with Crippen LogP contribution >= 0.6 is 11.3 Å². The first-order valence-corrected chi connectivity index (χ1v) is 20.7. The molecule has 276 valence electrons. The largest absolute Gasteiger partial charge is 0.208 e. The van der Waals surface area contributed by atoms with Gasteiger partial charge in [0.05, 0.1) is 0 Å². The number of rotatable bonds is 7. The standard InChI is InChI=1S/C55H35N3S/c1-4-14-36(15-5-1)39-24-27-41(28-25-39)53-56-54(44-29-26-38-18-10-11-21-42(38)32-44)58-55(57-53)49-35-45(37-16-6-2-7-17-37)34-47(52(49)40-19-8-3-9-20-40)43-30-31-51-48(33-43)46-22-12-13-23-50(46)59-51/h1-35H. The van der Waals surface area contributed by atoms with Crippen LogP contribution in [0.15, 0.2) is 212 Å². The molecule has 0 unspecified atom stereocenters. The molecule has 9 aromatic carbocycles. The number of aromatic nitrogens is 3. The van der Waals surface area contributed by atoms with Gasteiger partial charge in [-0.1, -0.05) is 176 Å². The molecule has 0 saturated carbocycles. The van der Waals surface area contributed by atoms with E-state index in [0.717, 1.165) is 61.0 Å². The highest BCUT2D eigenvalue weighted by atomic mass is 32.1. The first-order chi connectivity index (χ1) is 29.2. The van der Waals surface area contributed by atoms with Gasteiger partial charge >= 0.3 is 0 Å². The lowest BCUT2D eigenvalue weighted by molar-refractivity contribution is 1.07. The van der Waals surface area contributed by atoms with Crippen molar-refractivity contribution < 1.29 is 0 Å². The molecule has 59 heavy (non-hydrogen) atoms. The average molecular weight is 770 g/mol. The van der Waals surface area contributed by atoms with E-state index < -0.39 is 0 Å². The number of hydrogen-bond donors (Lipinski definition) is 0. The Morgan fingerprint density at radius 1 is 0.271 bits per heavy atom. The number of thiophene rings is 1. The van der Waals surface area contributed by atoms with E-state index >= 15 is 0 Å². The van der Waals surface area contributed by atoms with Gasteiger partial charge in [0, 0.05) is 42.4 Å². The van der Waals surface area contributed by atoms with Crippen LogP contribution in [0, 0.1) is 0 Å². The summed E-state index contributed by atoms with van der Waals surface area (Å²) in [6.45, 7) is 0. The van der Waals surface area contributed by atoms with Gasteiger partial charge in [0.1, 0.15) is 0 Å². The van der Waals surface area contributed by atoms with Gasteiger partial charge in [0.2, 0.25) is 0 Å². The van der Waals surface area contributed by atoms with Crippen LogP contribution in [0.25, 0.3) is 110 Å². The van der Waals surface area contributed by atoms with Crippen LogP contribution in [-0.4, -0.2) is 15.0 Å². The molecule has 0 N–H and O–H groups in total. The third-order valence-electron chi connectivity index (χ3n) is 11.1. The number of nitrogens with zero attached hydrogens (tertiary/aromatic N) is 3. The molecule has 0 fully saturated rings. The minimum absolute atomic E-state index is 0.616. The molecule has 0 atom stereocenters. The summed E-state index contributed by atoms with van der Waals surface area (Å²) in [5, 5.41) is 4.84. The van der Waals surface area contributed by atoms with Gasteiger partial charge in [-0.3, -0.25) is 0 Å². The minimum atomic E-state index is 0.616. The normalized spacial score (nSPS) is 11.4. The Kier molecular flexibility index (Phi) is 8.68. The van der Waals surface area contributed by atoms with Crippen molar-refractivity contribution in [3.8, 4) is 78.7 Å². The van der Waals surface area contributed by atoms with Crippen molar-refractivity contribution in [1.29, 1.82) is 0 Å². The Morgan fingerprint density at radius 2 is 0.780 bits per heavy atom. The summed E-state index contributed by atoms with van der Waals surface area (Å²) in [4.78, 5) is 16.0. The van der Waals surface area contributed by atoms with Gasteiger partial charge in [0.15, 0.2) is 17.5 Å². The van der Waals surface area contributed by atoms with Crippen molar-refractivity contribution in [2.45, 2.75) is 0 Å². The van der Waals surface area contributed by atoms with E-state index in [9.17, 15) is 0 Å². The average Bonchev–Trinajstić information content (AvgIpc) is 3.70. The molecule has 0 bridgehead atoms. The first kappa shape index (κ1) is 34.7. The van der Waals surface area contributed by atoms with Gasteiger partial charge in [-0.05, 0) is 86.1 Å². The van der Waals surface area contributed by atoms with Crippen LogP contribution in [0.4, 0.5) is 0 Å². The van der Waals surface area contributed by atoms with E-state index in [-0.39, 0.29) is 0 Å². The summed E-state index contributed by atoms with van der Waals surface area (Å²) >= 11 is 1.84. The first-order valence-electron chi connectivity index (χ1n) is 19.8. The van der Waals surface area contributed by atoms with Crippen LogP contribution in [0.2, 0.25) is 0 Å². The highest BCUT2D eigenvalue weighted by Gasteiger charge is 2.22. The lowest BCUT2D eigenvalue weighted by Gasteiger charge is -2.19. The molecule has 0 radical (unpaired) electrons. The molecule has 0 aliphatic heterocycles. The van der Waals surface area contributed by atoms with Gasteiger partial charge in [-0.15, -0.1) is 11.3 Å². The fourth-order valence-electron chi connectivity index (χ4n) is 8.18.